The molecule has 29 heavy (non-hydrogen) atoms. The number of rotatable bonds is 3. The maximum absolute atomic E-state index is 12.8. The topological polar surface area (TPSA) is 71.2 Å². The number of pyridine rings is 1. The molecule has 1 unspecified atom stereocenters. The predicted molar refractivity (Wildman–Crippen MR) is 101 cm³/mol. The number of aromatic carboxylic acids is 1. The van der Waals surface area contributed by atoms with E-state index in [9.17, 15) is 23.1 Å². The molecule has 0 aliphatic carbocycles. The summed E-state index contributed by atoms with van der Waals surface area (Å²) in [6, 6.07) is 5.75. The lowest BCUT2D eigenvalue weighted by atomic mass is 10.0. The molecule has 1 atom stereocenters. The lowest BCUT2D eigenvalue weighted by molar-refractivity contribution is -0.137. The Labute approximate surface area is 168 Å². The van der Waals surface area contributed by atoms with Crippen LogP contribution < -0.4 is 4.90 Å². The van der Waals surface area contributed by atoms with Gasteiger partial charge in [0.15, 0.2) is 0 Å². The zero-order valence-electron chi connectivity index (χ0n) is 15.2. The van der Waals surface area contributed by atoms with Crippen molar-refractivity contribution in [2.45, 2.75) is 18.5 Å². The van der Waals surface area contributed by atoms with Crippen LogP contribution in [0.3, 0.4) is 0 Å². The summed E-state index contributed by atoms with van der Waals surface area (Å²) in [5.41, 5.74) is 0.835. The molecular formula is C19H16ClF3N4O2. The second kappa shape index (κ2) is 6.91. The van der Waals surface area contributed by atoms with Crippen LogP contribution in [-0.4, -0.2) is 38.9 Å². The monoisotopic (exact) mass is 424 g/mol. The molecule has 10 heteroatoms. The van der Waals surface area contributed by atoms with Gasteiger partial charge in [0.25, 0.3) is 0 Å². The highest BCUT2D eigenvalue weighted by molar-refractivity contribution is 6.33. The minimum atomic E-state index is -4.50. The van der Waals surface area contributed by atoms with Crippen LogP contribution in [0.5, 0.6) is 0 Å². The van der Waals surface area contributed by atoms with Crippen molar-refractivity contribution in [3.8, 4) is 0 Å². The smallest absolute Gasteiger partial charge is 0.417 e. The number of hydrogen-bond acceptors (Lipinski definition) is 4. The van der Waals surface area contributed by atoms with E-state index in [0.717, 1.165) is 29.8 Å². The molecule has 1 aliphatic heterocycles. The summed E-state index contributed by atoms with van der Waals surface area (Å²) in [6.45, 7) is 1.08. The molecule has 1 N–H and O–H groups in total. The van der Waals surface area contributed by atoms with E-state index >= 15 is 0 Å². The number of aromatic nitrogens is 3. The highest BCUT2D eigenvalue weighted by Crippen LogP contribution is 2.38. The van der Waals surface area contributed by atoms with Gasteiger partial charge in [-0.3, -0.25) is 4.68 Å². The van der Waals surface area contributed by atoms with Gasteiger partial charge in [0.2, 0.25) is 0 Å². The van der Waals surface area contributed by atoms with E-state index in [4.69, 9.17) is 11.6 Å². The Morgan fingerprint density at radius 2 is 2.07 bits per heavy atom. The van der Waals surface area contributed by atoms with Crippen molar-refractivity contribution < 1.29 is 23.1 Å². The number of carboxylic acids is 1. The van der Waals surface area contributed by atoms with E-state index in [1.54, 1.807) is 23.9 Å². The van der Waals surface area contributed by atoms with Crippen molar-refractivity contribution in [2.75, 3.05) is 18.0 Å². The summed E-state index contributed by atoms with van der Waals surface area (Å²) in [5.74, 6) is -0.671. The number of aryl methyl sites for hydroxylation is 1. The van der Waals surface area contributed by atoms with Gasteiger partial charge in [-0.2, -0.15) is 18.3 Å². The molecule has 3 aromatic rings. The largest absolute Gasteiger partial charge is 0.478 e. The normalized spacial score (nSPS) is 17.3. The number of anilines is 1. The Morgan fingerprint density at radius 3 is 2.72 bits per heavy atom. The zero-order chi connectivity index (χ0) is 20.9. The molecule has 152 valence electrons. The molecule has 1 aromatic carbocycles. The first kappa shape index (κ1) is 19.5. The highest BCUT2D eigenvalue weighted by atomic mass is 35.5. The molecule has 0 radical (unpaired) electrons. The number of nitrogens with zero attached hydrogens (tertiary/aromatic N) is 4. The Balaban J connectivity index is 1.62. The van der Waals surface area contributed by atoms with E-state index in [0.29, 0.717) is 24.4 Å². The van der Waals surface area contributed by atoms with Crippen molar-refractivity contribution in [1.29, 1.82) is 0 Å². The fourth-order valence-electron chi connectivity index (χ4n) is 3.71. The molecule has 1 saturated heterocycles. The molecule has 0 amide bonds. The number of carbonyl (C=O) groups is 1. The van der Waals surface area contributed by atoms with Crippen molar-refractivity contribution in [3.63, 3.8) is 0 Å². The van der Waals surface area contributed by atoms with Gasteiger partial charge in [0.1, 0.15) is 5.82 Å². The Hall–Kier alpha value is -2.81. The van der Waals surface area contributed by atoms with Gasteiger partial charge in [-0.1, -0.05) is 17.7 Å². The summed E-state index contributed by atoms with van der Waals surface area (Å²) >= 11 is 6.08. The fourth-order valence-corrected chi connectivity index (χ4v) is 4.00. The minimum absolute atomic E-state index is 0.0227. The molecule has 4 rings (SSSR count). The number of benzene rings is 1. The van der Waals surface area contributed by atoms with Gasteiger partial charge >= 0.3 is 12.1 Å². The molecule has 1 aliphatic rings. The second-order valence-electron chi connectivity index (χ2n) is 7.00. The second-order valence-corrected chi connectivity index (χ2v) is 7.41. The molecule has 0 bridgehead atoms. The molecule has 0 saturated carbocycles. The molecular weight excluding hydrogens is 409 g/mol. The standard InChI is InChI=1S/C19H16ClF3N4O2/c1-26-15-6-10(18(28)29)2-3-13(15)16(25-26)11-4-5-27(9-11)17-14(20)7-12(8-24-17)19(21,22)23/h2-3,6-8,11H,4-5,9H2,1H3,(H,28,29). The third-order valence-electron chi connectivity index (χ3n) is 5.15. The van der Waals surface area contributed by atoms with Gasteiger partial charge in [-0.25, -0.2) is 9.78 Å². The average Bonchev–Trinajstić information content (AvgIpc) is 3.25. The number of hydrogen-bond donors (Lipinski definition) is 1. The molecule has 3 heterocycles. The molecule has 6 nitrogen and oxygen atoms in total. The SMILES string of the molecule is Cn1nc(C2CCN(c3ncc(C(F)(F)F)cc3Cl)C2)c2ccc(C(=O)O)cc21. The van der Waals surface area contributed by atoms with E-state index in [-0.39, 0.29) is 16.5 Å². The highest BCUT2D eigenvalue weighted by Gasteiger charge is 2.34. The van der Waals surface area contributed by atoms with Gasteiger partial charge in [-0.05, 0) is 24.6 Å². The predicted octanol–water partition coefficient (Wildman–Crippen LogP) is 4.33. The zero-order valence-corrected chi connectivity index (χ0v) is 16.0. The van der Waals surface area contributed by atoms with Crippen LogP contribution in [0.2, 0.25) is 5.02 Å². The minimum Gasteiger partial charge on any atom is -0.478 e. The number of carboxylic acid groups (broad SMARTS) is 1. The van der Waals surface area contributed by atoms with Gasteiger partial charge in [0, 0.05) is 37.6 Å². The van der Waals surface area contributed by atoms with Crippen LogP contribution in [0.4, 0.5) is 19.0 Å². The summed E-state index contributed by atoms with van der Waals surface area (Å²) in [7, 11) is 1.75. The summed E-state index contributed by atoms with van der Waals surface area (Å²) in [5, 5.41) is 14.6. The van der Waals surface area contributed by atoms with Crippen LogP contribution in [0.15, 0.2) is 30.5 Å². The van der Waals surface area contributed by atoms with Crippen molar-refractivity contribution in [2.24, 2.45) is 7.05 Å². The van der Waals surface area contributed by atoms with Crippen molar-refractivity contribution >= 4 is 34.3 Å². The lowest BCUT2D eigenvalue weighted by Gasteiger charge is -2.19. The van der Waals surface area contributed by atoms with Gasteiger partial charge in [0.05, 0.1) is 27.4 Å². The number of halogens is 4. The summed E-state index contributed by atoms with van der Waals surface area (Å²) < 4.78 is 40.1. The van der Waals surface area contributed by atoms with E-state index < -0.39 is 17.7 Å². The van der Waals surface area contributed by atoms with Crippen LogP contribution in [-0.2, 0) is 13.2 Å². The first-order valence-electron chi connectivity index (χ1n) is 8.83. The molecule has 1 fully saturated rings. The third kappa shape index (κ3) is 3.50. The van der Waals surface area contributed by atoms with Crippen molar-refractivity contribution in [1.82, 2.24) is 14.8 Å². The fraction of sp³-hybridized carbons (Fsp3) is 0.316. The van der Waals surface area contributed by atoms with Crippen LogP contribution in [0, 0.1) is 0 Å². The van der Waals surface area contributed by atoms with Gasteiger partial charge in [-0.15, -0.1) is 0 Å². The van der Waals surface area contributed by atoms with E-state index in [1.807, 2.05) is 4.90 Å². The van der Waals surface area contributed by atoms with E-state index in [2.05, 4.69) is 10.1 Å². The van der Waals surface area contributed by atoms with E-state index in [1.165, 1.54) is 6.07 Å². The molecule has 0 spiro atoms. The Bertz CT molecular complexity index is 1110. The number of fused-ring (bicyclic) bond motifs is 1. The van der Waals surface area contributed by atoms with Crippen LogP contribution in [0.25, 0.3) is 10.9 Å². The third-order valence-corrected chi connectivity index (χ3v) is 5.43. The Kier molecular flexibility index (Phi) is 4.65. The summed E-state index contributed by atoms with van der Waals surface area (Å²) in [4.78, 5) is 17.0. The number of alkyl halides is 3. The average molecular weight is 425 g/mol. The maximum Gasteiger partial charge on any atom is 0.417 e. The summed E-state index contributed by atoms with van der Waals surface area (Å²) in [6.07, 6.45) is -2.98. The maximum atomic E-state index is 12.8. The van der Waals surface area contributed by atoms with Gasteiger partial charge < -0.3 is 10.0 Å². The first-order chi connectivity index (χ1) is 13.6. The van der Waals surface area contributed by atoms with Crippen LogP contribution in [0.1, 0.15) is 34.0 Å². The Morgan fingerprint density at radius 1 is 1.31 bits per heavy atom. The lowest BCUT2D eigenvalue weighted by Crippen LogP contribution is -2.21. The quantitative estimate of drug-likeness (QED) is 0.677. The first-order valence-corrected chi connectivity index (χ1v) is 9.20. The van der Waals surface area contributed by atoms with Crippen molar-refractivity contribution in [3.05, 3.63) is 52.3 Å². The van der Waals surface area contributed by atoms with Crippen LogP contribution >= 0.6 is 11.6 Å². The molecule has 2 aromatic heterocycles.